The van der Waals surface area contributed by atoms with E-state index in [1.807, 2.05) is 0 Å². The van der Waals surface area contributed by atoms with Gasteiger partial charge in [0.1, 0.15) is 5.75 Å². The monoisotopic (exact) mass is 263 g/mol. The summed E-state index contributed by atoms with van der Waals surface area (Å²) in [5.74, 6) is 0.652. The van der Waals surface area contributed by atoms with Crippen molar-refractivity contribution in [3.63, 3.8) is 0 Å². The smallest absolute Gasteiger partial charge is 0.262 e. The molecule has 5 nitrogen and oxygen atoms in total. The van der Waals surface area contributed by atoms with Gasteiger partial charge >= 0.3 is 0 Å². The van der Waals surface area contributed by atoms with E-state index >= 15 is 0 Å². The Bertz CT molecular complexity index is 510. The number of unbranched alkanes of at least 4 members (excludes halogenated alkanes) is 1. The number of ketones is 1. The van der Waals surface area contributed by atoms with Crippen LogP contribution in [-0.4, -0.2) is 24.9 Å². The van der Waals surface area contributed by atoms with E-state index in [2.05, 4.69) is 12.2 Å². The van der Waals surface area contributed by atoms with Crippen molar-refractivity contribution in [2.24, 2.45) is 0 Å². The molecule has 0 aromatic heterocycles. The summed E-state index contributed by atoms with van der Waals surface area (Å²) in [6.07, 6.45) is 1.97. The highest BCUT2D eigenvalue weighted by Gasteiger charge is 2.22. The van der Waals surface area contributed by atoms with Crippen molar-refractivity contribution in [2.75, 3.05) is 18.5 Å². The highest BCUT2D eigenvalue weighted by atomic mass is 16.5. The van der Waals surface area contributed by atoms with E-state index in [1.165, 1.54) is 6.92 Å². The molecule has 1 aliphatic heterocycles. The molecule has 1 aromatic rings. The van der Waals surface area contributed by atoms with Gasteiger partial charge in [-0.15, -0.1) is 0 Å². The maximum absolute atomic E-state index is 11.6. The van der Waals surface area contributed by atoms with Gasteiger partial charge in [-0.25, -0.2) is 0 Å². The lowest BCUT2D eigenvalue weighted by Crippen LogP contribution is -2.26. The van der Waals surface area contributed by atoms with E-state index in [1.54, 1.807) is 12.1 Å². The molecule has 1 N–H and O–H groups in total. The number of benzene rings is 1. The fraction of sp³-hybridized carbons (Fsp3) is 0.429. The maximum atomic E-state index is 11.6. The molecule has 0 aliphatic carbocycles. The summed E-state index contributed by atoms with van der Waals surface area (Å²) >= 11 is 0. The number of rotatable bonds is 5. The van der Waals surface area contributed by atoms with Crippen molar-refractivity contribution in [3.8, 4) is 11.5 Å². The lowest BCUT2D eigenvalue weighted by atomic mass is 10.1. The van der Waals surface area contributed by atoms with Gasteiger partial charge in [-0.2, -0.15) is 0 Å². The zero-order chi connectivity index (χ0) is 13.8. The van der Waals surface area contributed by atoms with Crippen LogP contribution in [0.25, 0.3) is 0 Å². The minimum Gasteiger partial charge on any atom is -0.493 e. The molecule has 0 saturated heterocycles. The Hall–Kier alpha value is -2.04. The lowest BCUT2D eigenvalue weighted by molar-refractivity contribution is -0.118. The van der Waals surface area contributed by atoms with Gasteiger partial charge in [0.05, 0.1) is 17.9 Å². The van der Waals surface area contributed by atoms with Crippen LogP contribution >= 0.6 is 0 Å². The number of Topliss-reactive ketones (excluding diaryl/α,β-unsaturated/α-hetero) is 1. The van der Waals surface area contributed by atoms with Gasteiger partial charge in [0.2, 0.25) is 0 Å². The molecular formula is C14H17NO4. The molecule has 1 amide bonds. The Kier molecular flexibility index (Phi) is 4.04. The minimum atomic E-state index is -0.229. The number of fused-ring (bicyclic) bond motifs is 1. The number of amides is 1. The van der Waals surface area contributed by atoms with Gasteiger partial charge < -0.3 is 14.8 Å². The third-order valence-corrected chi connectivity index (χ3v) is 2.83. The van der Waals surface area contributed by atoms with Crippen LogP contribution in [0.1, 0.15) is 37.0 Å². The largest absolute Gasteiger partial charge is 0.493 e. The van der Waals surface area contributed by atoms with Gasteiger partial charge in [0, 0.05) is 6.07 Å². The van der Waals surface area contributed by atoms with Crippen LogP contribution in [0.3, 0.4) is 0 Å². The first-order valence-electron chi connectivity index (χ1n) is 6.36. The van der Waals surface area contributed by atoms with Gasteiger partial charge in [-0.05, 0) is 19.4 Å². The van der Waals surface area contributed by atoms with Gasteiger partial charge in [0.25, 0.3) is 5.91 Å². The summed E-state index contributed by atoms with van der Waals surface area (Å²) in [7, 11) is 0. The van der Waals surface area contributed by atoms with Crippen LogP contribution in [-0.2, 0) is 4.79 Å². The van der Waals surface area contributed by atoms with Crippen molar-refractivity contribution in [1.82, 2.24) is 0 Å². The van der Waals surface area contributed by atoms with Crippen molar-refractivity contribution < 1.29 is 19.1 Å². The molecule has 0 radical (unpaired) electrons. The van der Waals surface area contributed by atoms with Gasteiger partial charge in [-0.3, -0.25) is 9.59 Å². The normalized spacial score (nSPS) is 13.3. The van der Waals surface area contributed by atoms with E-state index in [-0.39, 0.29) is 18.3 Å². The lowest BCUT2D eigenvalue weighted by Gasteiger charge is -2.21. The zero-order valence-electron chi connectivity index (χ0n) is 11.1. The second-order valence-corrected chi connectivity index (χ2v) is 4.44. The quantitative estimate of drug-likeness (QED) is 0.654. The Balaban J connectivity index is 2.31. The van der Waals surface area contributed by atoms with Gasteiger partial charge in [-0.1, -0.05) is 13.3 Å². The Morgan fingerprint density at radius 1 is 1.47 bits per heavy atom. The molecular weight excluding hydrogens is 246 g/mol. The van der Waals surface area contributed by atoms with Gasteiger partial charge in [0.15, 0.2) is 18.1 Å². The number of hydrogen-bond donors (Lipinski definition) is 1. The highest BCUT2D eigenvalue weighted by Crippen LogP contribution is 2.36. The highest BCUT2D eigenvalue weighted by molar-refractivity contribution is 6.03. The predicted octanol–water partition coefficient (Wildman–Crippen LogP) is 2.40. The fourth-order valence-electron chi connectivity index (χ4n) is 1.85. The molecule has 0 unspecified atom stereocenters. The molecule has 0 spiro atoms. The van der Waals surface area contributed by atoms with Crippen molar-refractivity contribution in [1.29, 1.82) is 0 Å². The SMILES string of the molecule is CCCCOc1cc2c(c(C(C)=O)c1)OCC(=O)N2. The Morgan fingerprint density at radius 3 is 2.95 bits per heavy atom. The summed E-state index contributed by atoms with van der Waals surface area (Å²) in [6.45, 7) is 4.06. The van der Waals surface area contributed by atoms with Crippen molar-refractivity contribution in [2.45, 2.75) is 26.7 Å². The van der Waals surface area contributed by atoms with Crippen molar-refractivity contribution >= 4 is 17.4 Å². The third kappa shape index (κ3) is 3.05. The predicted molar refractivity (Wildman–Crippen MR) is 71.0 cm³/mol. The average Bonchev–Trinajstić information content (AvgIpc) is 2.37. The second-order valence-electron chi connectivity index (χ2n) is 4.44. The zero-order valence-corrected chi connectivity index (χ0v) is 11.1. The van der Waals surface area contributed by atoms with Crippen LogP contribution < -0.4 is 14.8 Å². The average molecular weight is 263 g/mol. The molecule has 19 heavy (non-hydrogen) atoms. The standard InChI is InChI=1S/C14H17NO4/c1-3-4-5-18-10-6-11(9(2)16)14-12(7-10)15-13(17)8-19-14/h6-7H,3-5,8H2,1-2H3,(H,15,17). The van der Waals surface area contributed by atoms with Crippen molar-refractivity contribution in [3.05, 3.63) is 17.7 Å². The third-order valence-electron chi connectivity index (χ3n) is 2.83. The summed E-state index contributed by atoms with van der Waals surface area (Å²) in [5, 5.41) is 2.69. The molecule has 0 fully saturated rings. The molecule has 0 saturated carbocycles. The van der Waals surface area contributed by atoms with Crippen LogP contribution in [0.4, 0.5) is 5.69 Å². The molecule has 1 aromatic carbocycles. The summed E-state index contributed by atoms with van der Waals surface area (Å²) in [5.41, 5.74) is 0.930. The minimum absolute atomic E-state index is 0.0662. The van der Waals surface area contributed by atoms with E-state index in [0.29, 0.717) is 29.4 Å². The van der Waals surface area contributed by atoms with E-state index in [9.17, 15) is 9.59 Å². The molecule has 0 atom stereocenters. The first-order chi connectivity index (χ1) is 9.11. The molecule has 5 heteroatoms. The van der Waals surface area contributed by atoms with E-state index in [0.717, 1.165) is 12.8 Å². The first-order valence-corrected chi connectivity index (χ1v) is 6.36. The number of ether oxygens (including phenoxy) is 2. The maximum Gasteiger partial charge on any atom is 0.262 e. The van der Waals surface area contributed by atoms with Crippen LogP contribution in [0.2, 0.25) is 0 Å². The Labute approximate surface area is 111 Å². The van der Waals surface area contributed by atoms with Crippen LogP contribution in [0.5, 0.6) is 11.5 Å². The fourth-order valence-corrected chi connectivity index (χ4v) is 1.85. The van der Waals surface area contributed by atoms with Crippen LogP contribution in [0, 0.1) is 0 Å². The number of hydrogen-bond acceptors (Lipinski definition) is 4. The number of nitrogens with one attached hydrogen (secondary N) is 1. The topological polar surface area (TPSA) is 64.6 Å². The molecule has 1 heterocycles. The van der Waals surface area contributed by atoms with E-state index in [4.69, 9.17) is 9.47 Å². The molecule has 0 bridgehead atoms. The molecule has 1 aliphatic rings. The first kappa shape index (κ1) is 13.4. The molecule has 102 valence electrons. The number of carbonyl (C=O) groups excluding carboxylic acids is 2. The summed E-state index contributed by atoms with van der Waals surface area (Å²) in [6, 6.07) is 3.35. The molecule has 2 rings (SSSR count). The van der Waals surface area contributed by atoms with E-state index < -0.39 is 0 Å². The summed E-state index contributed by atoms with van der Waals surface area (Å²) in [4.78, 5) is 22.9. The number of anilines is 1. The Morgan fingerprint density at radius 2 is 2.26 bits per heavy atom. The van der Waals surface area contributed by atoms with Crippen LogP contribution in [0.15, 0.2) is 12.1 Å². The summed E-state index contributed by atoms with van der Waals surface area (Å²) < 4.78 is 10.9. The number of carbonyl (C=O) groups is 2. The second kappa shape index (κ2) is 5.73.